The molecule has 0 fully saturated rings. The van der Waals surface area contributed by atoms with Crippen LogP contribution in [0.15, 0.2) is 40.9 Å². The van der Waals surface area contributed by atoms with Gasteiger partial charge < -0.3 is 11.1 Å². The molecule has 3 N–H and O–H groups in total. The Morgan fingerprint density at radius 1 is 1.12 bits per heavy atom. The third-order valence-electron chi connectivity index (χ3n) is 2.27. The molecule has 0 spiro atoms. The van der Waals surface area contributed by atoms with Crippen molar-refractivity contribution in [2.45, 2.75) is 0 Å². The number of rotatable bonds is 2. The van der Waals surface area contributed by atoms with Gasteiger partial charge in [-0.2, -0.15) is 0 Å². The molecule has 2 aromatic rings. The second-order valence-corrected chi connectivity index (χ2v) is 4.63. The first kappa shape index (κ1) is 12.2. The second kappa shape index (κ2) is 4.94. The summed E-state index contributed by atoms with van der Waals surface area (Å²) in [6, 6.07) is 9.97. The number of halogens is 3. The number of hydrogen-bond acceptors (Lipinski definition) is 2. The van der Waals surface area contributed by atoms with Gasteiger partial charge in [-0.1, -0.05) is 23.7 Å². The first-order chi connectivity index (χ1) is 8.09. The fourth-order valence-electron chi connectivity index (χ4n) is 1.39. The van der Waals surface area contributed by atoms with Crippen molar-refractivity contribution in [1.82, 2.24) is 0 Å². The van der Waals surface area contributed by atoms with Crippen molar-refractivity contribution in [2.24, 2.45) is 0 Å². The molecule has 0 aliphatic rings. The van der Waals surface area contributed by atoms with Crippen molar-refractivity contribution in [3.63, 3.8) is 0 Å². The number of benzene rings is 2. The molecule has 0 radical (unpaired) electrons. The van der Waals surface area contributed by atoms with Gasteiger partial charge in [-0.3, -0.25) is 0 Å². The lowest BCUT2D eigenvalue weighted by molar-refractivity contribution is 0.633. The van der Waals surface area contributed by atoms with E-state index >= 15 is 0 Å². The average Bonchev–Trinajstić information content (AvgIpc) is 2.31. The molecule has 0 aliphatic carbocycles. The van der Waals surface area contributed by atoms with E-state index in [9.17, 15) is 4.39 Å². The van der Waals surface area contributed by atoms with Crippen LogP contribution in [0.2, 0.25) is 5.02 Å². The third-order valence-corrected chi connectivity index (χ3v) is 3.67. The van der Waals surface area contributed by atoms with E-state index in [0.717, 1.165) is 5.69 Å². The first-order valence-corrected chi connectivity index (χ1v) is 6.01. The highest BCUT2D eigenvalue weighted by Crippen LogP contribution is 2.33. The third kappa shape index (κ3) is 2.53. The summed E-state index contributed by atoms with van der Waals surface area (Å²) in [7, 11) is 0. The lowest BCUT2D eigenvalue weighted by atomic mass is 10.2. The van der Waals surface area contributed by atoms with Crippen LogP contribution in [0.4, 0.5) is 21.5 Å². The molecule has 0 amide bonds. The molecule has 0 bridgehead atoms. The van der Waals surface area contributed by atoms with E-state index < -0.39 is 5.82 Å². The summed E-state index contributed by atoms with van der Waals surface area (Å²) in [5.41, 5.74) is 6.95. The number of nitrogens with one attached hydrogen (secondary N) is 1. The summed E-state index contributed by atoms with van der Waals surface area (Å²) in [5, 5.41) is 3.60. The highest BCUT2D eigenvalue weighted by Gasteiger charge is 2.07. The van der Waals surface area contributed by atoms with Crippen LogP contribution in [0.1, 0.15) is 0 Å². The van der Waals surface area contributed by atoms with Crippen molar-refractivity contribution in [3.8, 4) is 0 Å². The van der Waals surface area contributed by atoms with Gasteiger partial charge in [0.05, 0.1) is 26.6 Å². The summed E-state index contributed by atoms with van der Waals surface area (Å²) in [4.78, 5) is 0. The molecule has 2 rings (SSSR count). The van der Waals surface area contributed by atoms with Crippen LogP contribution >= 0.6 is 27.5 Å². The van der Waals surface area contributed by atoms with E-state index in [4.69, 9.17) is 17.3 Å². The predicted molar refractivity (Wildman–Crippen MR) is 73.2 cm³/mol. The van der Waals surface area contributed by atoms with Crippen LogP contribution in [-0.4, -0.2) is 0 Å². The fourth-order valence-corrected chi connectivity index (χ4v) is 1.93. The molecule has 0 aromatic heterocycles. The zero-order valence-corrected chi connectivity index (χ0v) is 11.0. The van der Waals surface area contributed by atoms with Crippen molar-refractivity contribution >= 4 is 44.6 Å². The lowest BCUT2D eigenvalue weighted by Gasteiger charge is -2.11. The van der Waals surface area contributed by atoms with Gasteiger partial charge in [-0.25, -0.2) is 4.39 Å². The zero-order chi connectivity index (χ0) is 12.4. The van der Waals surface area contributed by atoms with Gasteiger partial charge in [-0.15, -0.1) is 0 Å². The van der Waals surface area contributed by atoms with Crippen molar-refractivity contribution in [1.29, 1.82) is 0 Å². The quantitative estimate of drug-likeness (QED) is 0.797. The maximum absolute atomic E-state index is 13.3. The highest BCUT2D eigenvalue weighted by atomic mass is 79.9. The van der Waals surface area contributed by atoms with Crippen LogP contribution in [-0.2, 0) is 0 Å². The number of anilines is 3. The maximum atomic E-state index is 13.3. The Kier molecular flexibility index (Phi) is 3.54. The normalized spacial score (nSPS) is 10.3. The maximum Gasteiger partial charge on any atom is 0.148 e. The van der Waals surface area contributed by atoms with Gasteiger partial charge in [-0.05, 0) is 40.2 Å². The molecule has 0 atom stereocenters. The Labute approximate surface area is 112 Å². The van der Waals surface area contributed by atoms with Gasteiger partial charge in [0.2, 0.25) is 0 Å². The lowest BCUT2D eigenvalue weighted by Crippen LogP contribution is -1.99. The SMILES string of the molecule is Nc1c(F)cccc1Nc1cccc(Cl)c1Br. The summed E-state index contributed by atoms with van der Waals surface area (Å²) < 4.78 is 14.0. The molecular formula is C12H9BrClFN2. The van der Waals surface area contributed by atoms with Crippen molar-refractivity contribution in [2.75, 3.05) is 11.1 Å². The summed E-state index contributed by atoms with van der Waals surface area (Å²) in [6.07, 6.45) is 0. The molecule has 0 unspecified atom stereocenters. The standard InChI is InChI=1S/C12H9BrClFN2/c13-11-7(14)3-1-5-9(11)17-10-6-2-4-8(15)12(10)16/h1-6,17H,16H2. The van der Waals surface area contributed by atoms with E-state index in [0.29, 0.717) is 15.2 Å². The summed E-state index contributed by atoms with van der Waals surface area (Å²) >= 11 is 9.31. The van der Waals surface area contributed by atoms with Crippen molar-refractivity contribution < 1.29 is 4.39 Å². The number of nitrogen functional groups attached to an aromatic ring is 1. The van der Waals surface area contributed by atoms with Crippen LogP contribution in [0.3, 0.4) is 0 Å². The summed E-state index contributed by atoms with van der Waals surface area (Å²) in [5.74, 6) is -0.451. The monoisotopic (exact) mass is 314 g/mol. The molecule has 2 nitrogen and oxygen atoms in total. The average molecular weight is 316 g/mol. The molecule has 2 aromatic carbocycles. The smallest absolute Gasteiger partial charge is 0.148 e. The second-order valence-electron chi connectivity index (χ2n) is 3.43. The first-order valence-electron chi connectivity index (χ1n) is 4.84. The summed E-state index contributed by atoms with van der Waals surface area (Å²) in [6.45, 7) is 0. The minimum atomic E-state index is -0.451. The van der Waals surface area contributed by atoms with E-state index in [1.165, 1.54) is 6.07 Å². The van der Waals surface area contributed by atoms with Gasteiger partial charge in [0.15, 0.2) is 0 Å². The van der Waals surface area contributed by atoms with E-state index in [1.807, 2.05) is 6.07 Å². The Morgan fingerprint density at radius 2 is 1.76 bits per heavy atom. The Hall–Kier alpha value is -1.26. The Bertz CT molecular complexity index is 511. The van der Waals surface area contributed by atoms with Crippen LogP contribution in [0.5, 0.6) is 0 Å². The Morgan fingerprint density at radius 3 is 2.53 bits per heavy atom. The topological polar surface area (TPSA) is 38.0 Å². The predicted octanol–water partition coefficient (Wildman–Crippen LogP) is 4.57. The van der Waals surface area contributed by atoms with Gasteiger partial charge in [0, 0.05) is 0 Å². The molecule has 0 aliphatic heterocycles. The fraction of sp³-hybridized carbons (Fsp3) is 0. The molecule has 17 heavy (non-hydrogen) atoms. The van der Waals surface area contributed by atoms with E-state index in [2.05, 4.69) is 21.2 Å². The molecule has 0 saturated carbocycles. The number of hydrogen-bond donors (Lipinski definition) is 2. The zero-order valence-electron chi connectivity index (χ0n) is 8.68. The van der Waals surface area contributed by atoms with E-state index in [1.54, 1.807) is 24.3 Å². The highest BCUT2D eigenvalue weighted by molar-refractivity contribution is 9.10. The Balaban J connectivity index is 2.38. The van der Waals surface area contributed by atoms with Crippen LogP contribution < -0.4 is 11.1 Å². The van der Waals surface area contributed by atoms with Gasteiger partial charge in [0.25, 0.3) is 0 Å². The molecule has 0 heterocycles. The molecule has 88 valence electrons. The number of nitrogens with two attached hydrogens (primary N) is 1. The minimum absolute atomic E-state index is 0.0828. The molecular weight excluding hydrogens is 307 g/mol. The number of para-hydroxylation sites is 1. The van der Waals surface area contributed by atoms with Gasteiger partial charge >= 0.3 is 0 Å². The van der Waals surface area contributed by atoms with Gasteiger partial charge in [0.1, 0.15) is 5.82 Å². The van der Waals surface area contributed by atoms with E-state index in [-0.39, 0.29) is 5.69 Å². The van der Waals surface area contributed by atoms with Crippen molar-refractivity contribution in [3.05, 3.63) is 51.7 Å². The van der Waals surface area contributed by atoms with Crippen LogP contribution in [0.25, 0.3) is 0 Å². The molecule has 0 saturated heterocycles. The minimum Gasteiger partial charge on any atom is -0.395 e. The van der Waals surface area contributed by atoms with Crippen LogP contribution in [0, 0.1) is 5.82 Å². The molecule has 5 heteroatoms. The largest absolute Gasteiger partial charge is 0.395 e.